The third kappa shape index (κ3) is 4.88. The van der Waals surface area contributed by atoms with Gasteiger partial charge in [-0.15, -0.1) is 0 Å². The van der Waals surface area contributed by atoms with E-state index in [9.17, 15) is 0 Å². The summed E-state index contributed by atoms with van der Waals surface area (Å²) >= 11 is 3.22. The van der Waals surface area contributed by atoms with Crippen LogP contribution in [0.15, 0.2) is 42.7 Å². The molecule has 0 radical (unpaired) electrons. The topological polar surface area (TPSA) is 126 Å². The number of ether oxygens (including phenoxy) is 2. The van der Waals surface area contributed by atoms with Crippen molar-refractivity contribution in [2.45, 2.75) is 6.04 Å². The molecule has 2 aromatic heterocycles. The molecule has 3 N–H and O–H groups in total. The highest BCUT2D eigenvalue weighted by atomic mass is 79.9. The van der Waals surface area contributed by atoms with Crippen LogP contribution in [-0.4, -0.2) is 69.9 Å². The van der Waals surface area contributed by atoms with Crippen LogP contribution in [0.3, 0.4) is 0 Å². The fourth-order valence-electron chi connectivity index (χ4n) is 3.94. The third-order valence-electron chi connectivity index (χ3n) is 5.53. The molecule has 0 bridgehead atoms. The minimum absolute atomic E-state index is 0.164. The molecule has 1 saturated heterocycles. The minimum atomic E-state index is -0.179. The fraction of sp³-hybridized carbons (Fsp3) is 0.318. The van der Waals surface area contributed by atoms with Crippen molar-refractivity contribution in [2.24, 2.45) is 0 Å². The van der Waals surface area contributed by atoms with Crippen LogP contribution >= 0.6 is 15.9 Å². The summed E-state index contributed by atoms with van der Waals surface area (Å²) in [6.45, 7) is 2.82. The van der Waals surface area contributed by atoms with Crippen molar-refractivity contribution in [3.8, 4) is 11.8 Å². The number of nitrogens with zero attached hydrogens (tertiary/aromatic N) is 6. The Labute approximate surface area is 200 Å². The Morgan fingerprint density at radius 2 is 1.67 bits per heavy atom. The smallest absolute Gasteiger partial charge is 0.220 e. The van der Waals surface area contributed by atoms with Gasteiger partial charge in [-0.1, -0.05) is 30.3 Å². The second-order valence-corrected chi connectivity index (χ2v) is 8.21. The molecule has 10 nitrogen and oxygen atoms in total. The summed E-state index contributed by atoms with van der Waals surface area (Å²) in [5.41, 5.74) is 7.60. The van der Waals surface area contributed by atoms with Crippen molar-refractivity contribution in [3.05, 3.63) is 59.7 Å². The molecule has 3 heterocycles. The van der Waals surface area contributed by atoms with Gasteiger partial charge in [-0.05, 0) is 21.5 Å². The number of hydrogen-bond donors (Lipinski definition) is 2. The van der Waals surface area contributed by atoms with Gasteiger partial charge in [-0.2, -0.15) is 9.97 Å². The quantitative estimate of drug-likeness (QED) is 0.458. The number of anilines is 2. The lowest BCUT2D eigenvalue weighted by Crippen LogP contribution is -2.48. The molecular formula is C22H25BrN8O2. The molecule has 172 valence electrons. The first-order valence-electron chi connectivity index (χ1n) is 10.4. The predicted molar refractivity (Wildman–Crippen MR) is 129 cm³/mol. The van der Waals surface area contributed by atoms with E-state index in [1.54, 1.807) is 20.3 Å². The number of rotatable bonds is 7. The van der Waals surface area contributed by atoms with Crippen LogP contribution in [0.2, 0.25) is 0 Å². The average Bonchev–Trinajstić information content (AvgIpc) is 2.84. The zero-order valence-corrected chi connectivity index (χ0v) is 20.0. The zero-order valence-electron chi connectivity index (χ0n) is 18.4. The second kappa shape index (κ2) is 10.1. The second-order valence-electron chi connectivity index (χ2n) is 7.42. The van der Waals surface area contributed by atoms with Gasteiger partial charge in [-0.3, -0.25) is 10.3 Å². The van der Waals surface area contributed by atoms with Crippen LogP contribution in [0.4, 0.5) is 11.6 Å². The Morgan fingerprint density at radius 1 is 1.03 bits per heavy atom. The maximum Gasteiger partial charge on any atom is 0.220 e. The van der Waals surface area contributed by atoms with Gasteiger partial charge in [-0.25, -0.2) is 9.97 Å². The first kappa shape index (κ1) is 22.9. The van der Waals surface area contributed by atoms with E-state index in [2.05, 4.69) is 57.8 Å². The third-order valence-corrected chi connectivity index (χ3v) is 5.93. The Hall–Kier alpha value is -3.31. The monoisotopic (exact) mass is 512 g/mol. The molecule has 4 rings (SSSR count). The molecule has 1 aliphatic heterocycles. The molecule has 1 aliphatic rings. The molecule has 1 fully saturated rings. The van der Waals surface area contributed by atoms with E-state index in [-0.39, 0.29) is 16.5 Å². The number of aromatic nitrogens is 4. The highest BCUT2D eigenvalue weighted by Gasteiger charge is 2.31. The molecule has 1 unspecified atom stereocenters. The predicted octanol–water partition coefficient (Wildman–Crippen LogP) is 2.50. The van der Waals surface area contributed by atoms with Gasteiger partial charge in [0.05, 0.1) is 31.9 Å². The van der Waals surface area contributed by atoms with E-state index in [1.165, 1.54) is 6.33 Å². The summed E-state index contributed by atoms with van der Waals surface area (Å²) in [4.78, 5) is 22.2. The van der Waals surface area contributed by atoms with Crippen LogP contribution in [-0.2, 0) is 0 Å². The van der Waals surface area contributed by atoms with E-state index in [0.717, 1.165) is 18.7 Å². The van der Waals surface area contributed by atoms with Gasteiger partial charge in [0.2, 0.25) is 11.8 Å². The molecule has 0 amide bonds. The van der Waals surface area contributed by atoms with Gasteiger partial charge in [0.1, 0.15) is 22.6 Å². The van der Waals surface area contributed by atoms with Gasteiger partial charge >= 0.3 is 0 Å². The average molecular weight is 513 g/mol. The minimum Gasteiger partial charge on any atom is -0.481 e. The Kier molecular flexibility index (Phi) is 6.99. The summed E-state index contributed by atoms with van der Waals surface area (Å²) in [5, 5.41) is 8.02. The maximum atomic E-state index is 8.02. The lowest BCUT2D eigenvalue weighted by Gasteiger charge is -2.39. The summed E-state index contributed by atoms with van der Waals surface area (Å²) in [5.74, 6) is 2.45. The summed E-state index contributed by atoms with van der Waals surface area (Å²) in [6, 6.07) is 11.6. The molecule has 1 aromatic carbocycles. The maximum absolute atomic E-state index is 8.02. The number of piperazine rings is 1. The number of methoxy groups -OCH3 is 2. The van der Waals surface area contributed by atoms with Crippen molar-refractivity contribution in [1.82, 2.24) is 24.8 Å². The van der Waals surface area contributed by atoms with Gasteiger partial charge < -0.3 is 20.1 Å². The molecule has 33 heavy (non-hydrogen) atoms. The van der Waals surface area contributed by atoms with E-state index in [1.807, 2.05) is 18.2 Å². The zero-order chi connectivity index (χ0) is 23.4. The number of halogens is 1. The first-order valence-corrected chi connectivity index (χ1v) is 11.2. The van der Waals surface area contributed by atoms with E-state index in [0.29, 0.717) is 42.1 Å². The molecule has 0 saturated carbocycles. The van der Waals surface area contributed by atoms with Crippen molar-refractivity contribution in [1.29, 1.82) is 5.41 Å². The Balaban J connectivity index is 1.64. The number of benzene rings is 1. The number of nitrogens with two attached hydrogens (primary N) is 1. The van der Waals surface area contributed by atoms with Crippen LogP contribution in [0.25, 0.3) is 0 Å². The van der Waals surface area contributed by atoms with Crippen molar-refractivity contribution in [2.75, 3.05) is 51.0 Å². The van der Waals surface area contributed by atoms with E-state index in [4.69, 9.17) is 20.6 Å². The molecule has 3 aromatic rings. The largest absolute Gasteiger partial charge is 0.481 e. The van der Waals surface area contributed by atoms with Crippen molar-refractivity contribution < 1.29 is 9.47 Å². The molecule has 1 atom stereocenters. The SMILES string of the molecule is COc1cc(OC)nc(C(c2ccccc2)N2CCN(c3ncnc(N)c3C(=N)Br)CC2)n1. The normalized spacial score (nSPS) is 15.2. The Bertz CT molecular complexity index is 1100. The summed E-state index contributed by atoms with van der Waals surface area (Å²) in [7, 11) is 3.16. The van der Waals surface area contributed by atoms with Crippen LogP contribution in [0.5, 0.6) is 11.8 Å². The van der Waals surface area contributed by atoms with Gasteiger partial charge in [0.25, 0.3) is 0 Å². The van der Waals surface area contributed by atoms with Crippen molar-refractivity contribution in [3.63, 3.8) is 0 Å². The molecule has 0 spiro atoms. The van der Waals surface area contributed by atoms with Gasteiger partial charge in [0, 0.05) is 26.2 Å². The first-order chi connectivity index (χ1) is 16.0. The van der Waals surface area contributed by atoms with Crippen molar-refractivity contribution >= 4 is 32.2 Å². The molecule has 0 aliphatic carbocycles. The molecule has 11 heteroatoms. The lowest BCUT2D eigenvalue weighted by molar-refractivity contribution is 0.203. The van der Waals surface area contributed by atoms with E-state index >= 15 is 0 Å². The fourth-order valence-corrected chi connectivity index (χ4v) is 4.32. The Morgan fingerprint density at radius 3 is 2.24 bits per heavy atom. The number of nitrogen functional groups attached to an aromatic ring is 1. The molecular weight excluding hydrogens is 488 g/mol. The standard InChI is InChI=1S/C22H25BrN8O2/c1-32-15-12-16(33-2)29-21(28-15)18(14-6-4-3-5-7-14)30-8-10-31(11-9-30)22-17(19(23)24)20(25)26-13-27-22/h3-7,12-13,18,24H,8-11H2,1-2H3,(H2,25,26,27). The van der Waals surface area contributed by atoms with Gasteiger partial charge in [0.15, 0.2) is 5.82 Å². The van der Waals surface area contributed by atoms with Crippen LogP contribution in [0.1, 0.15) is 23.0 Å². The van der Waals surface area contributed by atoms with Crippen LogP contribution < -0.4 is 20.1 Å². The summed E-state index contributed by atoms with van der Waals surface area (Å²) < 4.78 is 10.9. The highest BCUT2D eigenvalue weighted by molar-refractivity contribution is 9.18. The van der Waals surface area contributed by atoms with E-state index < -0.39 is 0 Å². The number of nitrogens with one attached hydrogen (secondary N) is 1. The number of hydrogen-bond acceptors (Lipinski definition) is 10. The van der Waals surface area contributed by atoms with Crippen LogP contribution in [0, 0.1) is 5.41 Å². The highest BCUT2D eigenvalue weighted by Crippen LogP contribution is 2.32. The lowest BCUT2D eigenvalue weighted by atomic mass is 10.0. The summed E-state index contributed by atoms with van der Waals surface area (Å²) in [6.07, 6.45) is 1.43.